The van der Waals surface area contributed by atoms with Crippen molar-refractivity contribution in [2.24, 2.45) is 0 Å². The van der Waals surface area contributed by atoms with Crippen LogP contribution in [0.2, 0.25) is 0 Å². The van der Waals surface area contributed by atoms with Crippen molar-refractivity contribution in [3.8, 4) is 6.07 Å². The minimum absolute atomic E-state index is 0.0278. The van der Waals surface area contributed by atoms with Gasteiger partial charge in [0.2, 0.25) is 0 Å². The second kappa shape index (κ2) is 5.91. The fourth-order valence-corrected chi connectivity index (χ4v) is 1.37. The van der Waals surface area contributed by atoms with Crippen LogP contribution in [-0.4, -0.2) is 17.6 Å². The molecule has 0 fully saturated rings. The van der Waals surface area contributed by atoms with Gasteiger partial charge in [0.25, 0.3) is 6.43 Å². The topological polar surface area (TPSA) is 89.0 Å². The molecule has 0 aromatic carbocycles. The van der Waals surface area contributed by atoms with Gasteiger partial charge in [-0.15, -0.1) is 0 Å². The molecule has 0 aliphatic heterocycles. The number of ether oxygens (including phenoxy) is 1. The quantitative estimate of drug-likeness (QED) is 0.825. The maximum absolute atomic E-state index is 12.7. The minimum atomic E-state index is -2.89. The number of hydrogen-bond donors (Lipinski definition) is 1. The van der Waals surface area contributed by atoms with E-state index in [1.165, 1.54) is 0 Å². The first-order valence-electron chi connectivity index (χ1n) is 5.12. The van der Waals surface area contributed by atoms with E-state index in [1.807, 2.05) is 0 Å². The van der Waals surface area contributed by atoms with Gasteiger partial charge in [0, 0.05) is 0 Å². The van der Waals surface area contributed by atoms with Gasteiger partial charge in [0.1, 0.15) is 11.8 Å². The molecule has 0 atom stereocenters. The lowest BCUT2D eigenvalue weighted by molar-refractivity contribution is -0.142. The molecule has 0 amide bonds. The molecule has 0 saturated heterocycles. The first-order chi connectivity index (χ1) is 8.49. The van der Waals surface area contributed by atoms with E-state index in [0.29, 0.717) is 0 Å². The van der Waals surface area contributed by atoms with Crippen molar-refractivity contribution in [1.82, 2.24) is 4.98 Å². The summed E-state index contributed by atoms with van der Waals surface area (Å²) in [6.45, 7) is 1.76. The third kappa shape index (κ3) is 3.13. The summed E-state index contributed by atoms with van der Waals surface area (Å²) in [7, 11) is 0. The third-order valence-corrected chi connectivity index (χ3v) is 2.12. The fraction of sp³-hybridized carbons (Fsp3) is 0.364. The molecule has 96 valence electrons. The Labute approximate surface area is 102 Å². The van der Waals surface area contributed by atoms with Crippen molar-refractivity contribution in [2.75, 3.05) is 12.3 Å². The average Bonchev–Trinajstić information content (AvgIpc) is 2.29. The van der Waals surface area contributed by atoms with E-state index < -0.39 is 18.1 Å². The predicted molar refractivity (Wildman–Crippen MR) is 58.7 cm³/mol. The van der Waals surface area contributed by atoms with E-state index in [4.69, 9.17) is 11.0 Å². The number of anilines is 1. The molecule has 1 aromatic heterocycles. The van der Waals surface area contributed by atoms with Crippen molar-refractivity contribution < 1.29 is 18.3 Å². The number of nitrogens with two attached hydrogens (primary N) is 1. The molecule has 0 bridgehead atoms. The zero-order valence-electron chi connectivity index (χ0n) is 9.61. The summed E-state index contributed by atoms with van der Waals surface area (Å²) in [4.78, 5) is 14.7. The number of pyridine rings is 1. The summed E-state index contributed by atoms with van der Waals surface area (Å²) in [5, 5.41) is 8.65. The van der Waals surface area contributed by atoms with Gasteiger partial charge in [-0.3, -0.25) is 4.79 Å². The Morgan fingerprint density at radius 1 is 1.67 bits per heavy atom. The second-order valence-corrected chi connectivity index (χ2v) is 3.36. The van der Waals surface area contributed by atoms with Crippen molar-refractivity contribution in [1.29, 1.82) is 5.26 Å². The molecule has 7 heteroatoms. The maximum Gasteiger partial charge on any atom is 0.310 e. The number of aromatic nitrogens is 1. The lowest BCUT2D eigenvalue weighted by Crippen LogP contribution is -2.12. The van der Waals surface area contributed by atoms with Crippen LogP contribution in [0.25, 0.3) is 0 Å². The van der Waals surface area contributed by atoms with Crippen LogP contribution in [0.4, 0.5) is 14.5 Å². The van der Waals surface area contributed by atoms with Crippen LogP contribution < -0.4 is 5.73 Å². The molecule has 5 nitrogen and oxygen atoms in total. The molecule has 0 saturated carbocycles. The molecule has 2 N–H and O–H groups in total. The summed E-state index contributed by atoms with van der Waals surface area (Å²) >= 11 is 0. The van der Waals surface area contributed by atoms with Crippen molar-refractivity contribution in [3.63, 3.8) is 0 Å². The molecule has 0 aliphatic carbocycles. The Morgan fingerprint density at radius 3 is 2.83 bits per heavy atom. The lowest BCUT2D eigenvalue weighted by atomic mass is 10.1. The highest BCUT2D eigenvalue weighted by Crippen LogP contribution is 2.24. The number of carbonyl (C=O) groups is 1. The first-order valence-corrected chi connectivity index (χ1v) is 5.12. The monoisotopic (exact) mass is 255 g/mol. The number of alkyl halides is 2. The van der Waals surface area contributed by atoms with Gasteiger partial charge in [0.15, 0.2) is 5.69 Å². The first kappa shape index (κ1) is 13.8. The highest BCUT2D eigenvalue weighted by molar-refractivity contribution is 5.73. The van der Waals surface area contributed by atoms with Gasteiger partial charge in [0.05, 0.1) is 18.7 Å². The molecular weight excluding hydrogens is 244 g/mol. The maximum atomic E-state index is 12.7. The highest BCUT2D eigenvalue weighted by atomic mass is 19.3. The van der Waals surface area contributed by atoms with Crippen molar-refractivity contribution >= 4 is 11.7 Å². The number of halogens is 2. The molecule has 18 heavy (non-hydrogen) atoms. The van der Waals surface area contributed by atoms with E-state index in [1.54, 1.807) is 13.0 Å². The Kier molecular flexibility index (Phi) is 4.54. The summed E-state index contributed by atoms with van der Waals surface area (Å²) in [5.74, 6) is -0.648. The van der Waals surface area contributed by atoms with Crippen LogP contribution in [0.1, 0.15) is 30.3 Å². The number of esters is 1. The molecule has 0 radical (unpaired) electrons. The highest BCUT2D eigenvalue weighted by Gasteiger charge is 2.20. The number of nitrogens with zero attached hydrogens (tertiary/aromatic N) is 2. The summed E-state index contributed by atoms with van der Waals surface area (Å²) in [6, 6.07) is 2.77. The van der Waals surface area contributed by atoms with E-state index >= 15 is 0 Å². The average molecular weight is 255 g/mol. The van der Waals surface area contributed by atoms with Crippen LogP contribution in [0.5, 0.6) is 0 Å². The minimum Gasteiger partial charge on any atom is -0.466 e. The normalized spacial score (nSPS) is 10.2. The molecular formula is C11H11F2N3O2. The Bertz CT molecular complexity index is 498. The van der Waals surface area contributed by atoms with Gasteiger partial charge in [-0.05, 0) is 18.6 Å². The van der Waals surface area contributed by atoms with Crippen LogP contribution in [0, 0.1) is 11.3 Å². The van der Waals surface area contributed by atoms with E-state index in [2.05, 4.69) is 9.72 Å². The zero-order chi connectivity index (χ0) is 13.7. The second-order valence-electron chi connectivity index (χ2n) is 3.36. The van der Waals surface area contributed by atoms with Gasteiger partial charge in [-0.25, -0.2) is 13.8 Å². The third-order valence-electron chi connectivity index (χ3n) is 2.12. The smallest absolute Gasteiger partial charge is 0.310 e. The standard InChI is InChI=1S/C11H11F2N3O2/c1-2-18-9(17)4-6-3-7(15)8(5-14)16-10(6)11(12)13/h3,11H,2,4,15H2,1H3. The van der Waals surface area contributed by atoms with Gasteiger partial charge in [-0.1, -0.05) is 0 Å². The van der Waals surface area contributed by atoms with E-state index in [0.717, 1.165) is 6.07 Å². The van der Waals surface area contributed by atoms with E-state index in [-0.39, 0.29) is 30.0 Å². The number of nitrogen functional groups attached to an aromatic ring is 1. The Morgan fingerprint density at radius 2 is 2.33 bits per heavy atom. The SMILES string of the molecule is CCOC(=O)Cc1cc(N)c(C#N)nc1C(F)F. The summed E-state index contributed by atoms with van der Waals surface area (Å²) in [6.07, 6.45) is -3.24. The largest absolute Gasteiger partial charge is 0.466 e. The van der Waals surface area contributed by atoms with Gasteiger partial charge < -0.3 is 10.5 Å². The van der Waals surface area contributed by atoms with Crippen LogP contribution in [0.3, 0.4) is 0 Å². The van der Waals surface area contributed by atoms with Crippen LogP contribution in [-0.2, 0) is 16.0 Å². The Hall–Kier alpha value is -2.23. The van der Waals surface area contributed by atoms with Crippen LogP contribution in [0.15, 0.2) is 6.07 Å². The van der Waals surface area contributed by atoms with Crippen LogP contribution >= 0.6 is 0 Å². The number of carbonyl (C=O) groups excluding carboxylic acids is 1. The molecule has 0 unspecified atom stereocenters. The lowest BCUT2D eigenvalue weighted by Gasteiger charge is -2.09. The van der Waals surface area contributed by atoms with E-state index in [9.17, 15) is 13.6 Å². The molecule has 1 rings (SSSR count). The number of nitriles is 1. The fourth-order valence-electron chi connectivity index (χ4n) is 1.37. The number of hydrogen-bond acceptors (Lipinski definition) is 5. The number of rotatable bonds is 4. The predicted octanol–water partition coefficient (Wildman–Crippen LogP) is 1.58. The van der Waals surface area contributed by atoms with Crippen molar-refractivity contribution in [2.45, 2.75) is 19.8 Å². The zero-order valence-corrected chi connectivity index (χ0v) is 9.61. The molecule has 1 heterocycles. The molecule has 0 aliphatic rings. The van der Waals surface area contributed by atoms with Gasteiger partial charge >= 0.3 is 5.97 Å². The molecule has 0 spiro atoms. The molecule has 1 aromatic rings. The Balaban J connectivity index is 3.14. The summed E-state index contributed by atoms with van der Waals surface area (Å²) in [5.41, 5.74) is 4.50. The van der Waals surface area contributed by atoms with Gasteiger partial charge in [-0.2, -0.15) is 5.26 Å². The summed E-state index contributed by atoms with van der Waals surface area (Å²) < 4.78 is 30.2. The van der Waals surface area contributed by atoms with Crippen molar-refractivity contribution in [3.05, 3.63) is 23.0 Å².